The molecular formula is C19H24F4N2OS2. The minimum atomic E-state index is -4.27. The van der Waals surface area contributed by atoms with Crippen LogP contribution in [-0.4, -0.2) is 60.4 Å². The second kappa shape index (κ2) is 9.15. The number of hydrogen-bond donors (Lipinski definition) is 0. The van der Waals surface area contributed by atoms with Crippen molar-refractivity contribution < 1.29 is 22.4 Å². The van der Waals surface area contributed by atoms with Gasteiger partial charge in [-0.3, -0.25) is 4.79 Å². The number of alkyl halides is 3. The molecule has 0 radical (unpaired) electrons. The number of thioether (sulfide) groups is 2. The SMILES string of the molecule is Cc1cc(F)c(N2CCN(C(=O)C3CCSCC3)CC2)cc1SCC(F)(F)F. The average Bonchev–Trinajstić information content (AvgIpc) is 2.67. The number of benzene rings is 1. The van der Waals surface area contributed by atoms with E-state index in [0.717, 1.165) is 24.3 Å². The Morgan fingerprint density at radius 3 is 2.43 bits per heavy atom. The van der Waals surface area contributed by atoms with E-state index in [4.69, 9.17) is 0 Å². The Balaban J connectivity index is 1.64. The molecule has 3 nitrogen and oxygen atoms in total. The number of amides is 1. The lowest BCUT2D eigenvalue weighted by Gasteiger charge is -2.38. The van der Waals surface area contributed by atoms with E-state index in [1.165, 1.54) is 12.1 Å². The highest BCUT2D eigenvalue weighted by Gasteiger charge is 2.30. The third-order valence-electron chi connectivity index (χ3n) is 5.14. The van der Waals surface area contributed by atoms with Gasteiger partial charge in [-0.05, 0) is 49.0 Å². The number of aryl methyl sites for hydroxylation is 1. The highest BCUT2D eigenvalue weighted by atomic mass is 32.2. The van der Waals surface area contributed by atoms with Crippen LogP contribution in [0.15, 0.2) is 17.0 Å². The zero-order valence-electron chi connectivity index (χ0n) is 15.7. The molecule has 0 unspecified atom stereocenters. The number of rotatable bonds is 4. The van der Waals surface area contributed by atoms with Gasteiger partial charge in [0.2, 0.25) is 5.91 Å². The predicted octanol–water partition coefficient (Wildman–Crippen LogP) is 4.58. The van der Waals surface area contributed by atoms with Crippen LogP contribution >= 0.6 is 23.5 Å². The molecule has 1 amide bonds. The normalized spacial score (nSPS) is 19.2. The summed E-state index contributed by atoms with van der Waals surface area (Å²) < 4.78 is 52.1. The lowest BCUT2D eigenvalue weighted by molar-refractivity contribution is -0.136. The van der Waals surface area contributed by atoms with Crippen LogP contribution in [0.1, 0.15) is 18.4 Å². The Hall–Kier alpha value is -1.09. The first kappa shape index (κ1) is 21.6. The molecule has 2 heterocycles. The minimum absolute atomic E-state index is 0.0919. The van der Waals surface area contributed by atoms with Crippen molar-refractivity contribution in [3.05, 3.63) is 23.5 Å². The van der Waals surface area contributed by atoms with Crippen molar-refractivity contribution in [3.8, 4) is 0 Å². The molecule has 2 aliphatic heterocycles. The number of piperazine rings is 1. The lowest BCUT2D eigenvalue weighted by Crippen LogP contribution is -2.51. The molecule has 2 aliphatic rings. The number of carbonyl (C=O) groups is 1. The first-order valence-electron chi connectivity index (χ1n) is 9.36. The van der Waals surface area contributed by atoms with Gasteiger partial charge in [0.05, 0.1) is 11.4 Å². The van der Waals surface area contributed by atoms with Crippen molar-refractivity contribution in [2.45, 2.75) is 30.8 Å². The summed E-state index contributed by atoms with van der Waals surface area (Å²) in [5.41, 5.74) is 0.816. The smallest absolute Gasteiger partial charge is 0.366 e. The largest absolute Gasteiger partial charge is 0.398 e. The fraction of sp³-hybridized carbons (Fsp3) is 0.632. The third-order valence-corrected chi connectivity index (χ3v) is 7.41. The molecule has 0 aliphatic carbocycles. The van der Waals surface area contributed by atoms with E-state index in [2.05, 4.69) is 0 Å². The van der Waals surface area contributed by atoms with Gasteiger partial charge in [0.25, 0.3) is 0 Å². The maximum absolute atomic E-state index is 14.5. The maximum atomic E-state index is 14.5. The van der Waals surface area contributed by atoms with E-state index in [9.17, 15) is 22.4 Å². The van der Waals surface area contributed by atoms with Crippen molar-refractivity contribution in [1.29, 1.82) is 0 Å². The zero-order chi connectivity index (χ0) is 20.3. The van der Waals surface area contributed by atoms with Crippen molar-refractivity contribution in [1.82, 2.24) is 4.90 Å². The molecule has 2 saturated heterocycles. The molecule has 0 atom stereocenters. The average molecular weight is 437 g/mol. The van der Waals surface area contributed by atoms with Gasteiger partial charge in [0.1, 0.15) is 5.82 Å². The molecule has 28 heavy (non-hydrogen) atoms. The summed E-state index contributed by atoms with van der Waals surface area (Å²) in [6.07, 6.45) is -2.44. The second-order valence-electron chi connectivity index (χ2n) is 7.17. The Bertz CT molecular complexity index is 700. The molecule has 0 bridgehead atoms. The van der Waals surface area contributed by atoms with Crippen molar-refractivity contribution in [3.63, 3.8) is 0 Å². The summed E-state index contributed by atoms with van der Waals surface area (Å²) in [4.78, 5) is 16.8. The van der Waals surface area contributed by atoms with E-state index in [0.29, 0.717) is 54.1 Å². The van der Waals surface area contributed by atoms with Crippen molar-refractivity contribution in [2.75, 3.05) is 48.3 Å². The molecule has 0 aromatic heterocycles. The summed E-state index contributed by atoms with van der Waals surface area (Å²) in [6.45, 7) is 3.61. The van der Waals surface area contributed by atoms with Crippen LogP contribution in [0.4, 0.5) is 23.2 Å². The van der Waals surface area contributed by atoms with E-state index in [1.54, 1.807) is 6.92 Å². The molecule has 1 aromatic carbocycles. The molecule has 0 spiro atoms. The van der Waals surface area contributed by atoms with E-state index < -0.39 is 17.7 Å². The Morgan fingerprint density at radius 2 is 1.82 bits per heavy atom. The molecule has 3 rings (SSSR count). The first-order valence-corrected chi connectivity index (χ1v) is 11.5. The summed E-state index contributed by atoms with van der Waals surface area (Å²) in [7, 11) is 0. The summed E-state index contributed by atoms with van der Waals surface area (Å²) in [5.74, 6) is 0.881. The van der Waals surface area contributed by atoms with Gasteiger partial charge in [0.15, 0.2) is 0 Å². The quantitative estimate of drug-likeness (QED) is 0.509. The van der Waals surface area contributed by atoms with Crippen LogP contribution in [0.2, 0.25) is 0 Å². The number of nitrogens with zero attached hydrogens (tertiary/aromatic N) is 2. The molecule has 0 N–H and O–H groups in total. The van der Waals surface area contributed by atoms with Crippen LogP contribution < -0.4 is 4.90 Å². The predicted molar refractivity (Wildman–Crippen MR) is 107 cm³/mol. The molecule has 2 fully saturated rings. The van der Waals surface area contributed by atoms with Gasteiger partial charge in [-0.25, -0.2) is 4.39 Å². The minimum Gasteiger partial charge on any atom is -0.366 e. The van der Waals surface area contributed by atoms with Crippen LogP contribution in [0, 0.1) is 18.7 Å². The maximum Gasteiger partial charge on any atom is 0.398 e. The van der Waals surface area contributed by atoms with Crippen LogP contribution in [0.3, 0.4) is 0 Å². The summed E-state index contributed by atoms with van der Waals surface area (Å²) in [5, 5.41) is 0. The molecule has 0 saturated carbocycles. The molecular weight excluding hydrogens is 412 g/mol. The first-order chi connectivity index (χ1) is 13.2. The summed E-state index contributed by atoms with van der Waals surface area (Å²) in [6, 6.07) is 2.81. The number of halogens is 4. The Kier molecular flexibility index (Phi) is 7.07. The fourth-order valence-corrected chi connectivity index (χ4v) is 5.48. The Labute approximate surface area is 171 Å². The monoisotopic (exact) mass is 436 g/mol. The van der Waals surface area contributed by atoms with Crippen molar-refractivity contribution in [2.24, 2.45) is 5.92 Å². The van der Waals surface area contributed by atoms with E-state index >= 15 is 0 Å². The van der Waals surface area contributed by atoms with Crippen LogP contribution in [0.5, 0.6) is 0 Å². The number of anilines is 1. The molecule has 156 valence electrons. The number of carbonyl (C=O) groups excluding carboxylic acids is 1. The van der Waals surface area contributed by atoms with Gasteiger partial charge >= 0.3 is 6.18 Å². The zero-order valence-corrected chi connectivity index (χ0v) is 17.4. The molecule has 9 heteroatoms. The standard InChI is InChI=1S/C19H24F4N2OS2/c1-13-10-15(20)16(11-17(13)28-12-19(21,22)23)24-4-6-25(7-5-24)18(26)14-2-8-27-9-3-14/h10-11,14H,2-9,12H2,1H3. The molecule has 1 aromatic rings. The number of hydrogen-bond acceptors (Lipinski definition) is 4. The second-order valence-corrected chi connectivity index (χ2v) is 9.41. The van der Waals surface area contributed by atoms with Gasteiger partial charge in [-0.15, -0.1) is 11.8 Å². The van der Waals surface area contributed by atoms with Crippen LogP contribution in [-0.2, 0) is 4.79 Å². The van der Waals surface area contributed by atoms with Gasteiger partial charge in [-0.2, -0.15) is 24.9 Å². The topological polar surface area (TPSA) is 23.6 Å². The van der Waals surface area contributed by atoms with Crippen molar-refractivity contribution >= 4 is 35.1 Å². The highest BCUT2D eigenvalue weighted by molar-refractivity contribution is 7.99. The summed E-state index contributed by atoms with van der Waals surface area (Å²) >= 11 is 2.56. The Morgan fingerprint density at radius 1 is 1.18 bits per heavy atom. The highest BCUT2D eigenvalue weighted by Crippen LogP contribution is 2.34. The van der Waals surface area contributed by atoms with E-state index in [-0.39, 0.29) is 11.8 Å². The lowest BCUT2D eigenvalue weighted by atomic mass is 10.0. The van der Waals surface area contributed by atoms with Gasteiger partial charge in [-0.1, -0.05) is 0 Å². The van der Waals surface area contributed by atoms with Gasteiger partial charge in [0, 0.05) is 37.0 Å². The van der Waals surface area contributed by atoms with E-state index in [1.807, 2.05) is 21.6 Å². The fourth-order valence-electron chi connectivity index (χ4n) is 3.57. The third kappa shape index (κ3) is 5.49. The van der Waals surface area contributed by atoms with Gasteiger partial charge < -0.3 is 9.80 Å². The van der Waals surface area contributed by atoms with Crippen LogP contribution in [0.25, 0.3) is 0 Å².